The van der Waals surface area contributed by atoms with Crippen LogP contribution in [0.15, 0.2) is 127 Å². The summed E-state index contributed by atoms with van der Waals surface area (Å²) >= 11 is 0. The van der Waals surface area contributed by atoms with E-state index in [2.05, 4.69) is 35.5 Å². The first kappa shape index (κ1) is 47.8. The minimum atomic E-state index is -1.29. The maximum Gasteiger partial charge on any atom is 0.338 e. The lowest BCUT2D eigenvalue weighted by Gasteiger charge is -2.09. The van der Waals surface area contributed by atoms with E-state index in [9.17, 15) is 49.2 Å². The number of aromatic carboxylic acids is 4. The number of carbonyl (C=O) groups is 6. The lowest BCUT2D eigenvalue weighted by molar-refractivity contribution is 0.0521. The van der Waals surface area contributed by atoms with Crippen LogP contribution in [-0.4, -0.2) is 84.4 Å². The molecular formula is C55H35N3O12. The molecule has 0 atom stereocenters. The molecule has 0 radical (unpaired) electrons. The number of aromatic nitrogens is 3. The smallest absolute Gasteiger partial charge is 0.338 e. The molecular weight excluding hydrogens is 895 g/mol. The zero-order chi connectivity index (χ0) is 49.9. The van der Waals surface area contributed by atoms with Gasteiger partial charge >= 0.3 is 35.8 Å². The van der Waals surface area contributed by atoms with Gasteiger partial charge in [0.15, 0.2) is 17.5 Å². The van der Waals surface area contributed by atoms with Crippen LogP contribution in [0, 0.1) is 35.5 Å². The van der Waals surface area contributed by atoms with E-state index in [0.717, 1.165) is 12.1 Å². The van der Waals surface area contributed by atoms with E-state index in [1.165, 1.54) is 42.5 Å². The molecule has 7 aromatic rings. The molecule has 4 N–H and O–H groups in total. The van der Waals surface area contributed by atoms with Gasteiger partial charge in [-0.15, -0.1) is 0 Å². The van der Waals surface area contributed by atoms with E-state index in [1.807, 2.05) is 0 Å². The highest BCUT2D eigenvalue weighted by atomic mass is 16.5. The van der Waals surface area contributed by atoms with E-state index in [0.29, 0.717) is 56.4 Å². The fraction of sp³-hybridized carbons (Fsp3) is 0.0727. The van der Waals surface area contributed by atoms with Gasteiger partial charge in [0.2, 0.25) is 0 Å². The van der Waals surface area contributed by atoms with Crippen molar-refractivity contribution in [3.05, 3.63) is 194 Å². The number of nitrogens with zero attached hydrogens (tertiary/aromatic N) is 3. The van der Waals surface area contributed by atoms with Crippen molar-refractivity contribution < 1.29 is 58.7 Å². The Morgan fingerprint density at radius 1 is 0.357 bits per heavy atom. The van der Waals surface area contributed by atoms with Gasteiger partial charge in [-0.25, -0.2) is 43.7 Å². The number of ether oxygens (including phenoxy) is 2. The molecule has 342 valence electrons. The van der Waals surface area contributed by atoms with Gasteiger partial charge in [0.25, 0.3) is 0 Å². The molecule has 1 aromatic heterocycles. The quantitative estimate of drug-likeness (QED) is 0.0706. The van der Waals surface area contributed by atoms with Crippen LogP contribution in [0.5, 0.6) is 0 Å². The van der Waals surface area contributed by atoms with Gasteiger partial charge in [-0.2, -0.15) is 0 Å². The average molecular weight is 930 g/mol. The highest BCUT2D eigenvalue weighted by Crippen LogP contribution is 2.26. The third kappa shape index (κ3) is 12.0. The summed E-state index contributed by atoms with van der Waals surface area (Å²) in [6, 6.07) is 32.5. The Morgan fingerprint density at radius 3 is 0.829 bits per heavy atom. The van der Waals surface area contributed by atoms with Crippen LogP contribution in [0.2, 0.25) is 0 Å². The number of carboxylic acid groups (broad SMARTS) is 4. The third-order valence-corrected chi connectivity index (χ3v) is 9.93. The Morgan fingerprint density at radius 2 is 0.586 bits per heavy atom. The molecule has 1 heterocycles. The molecule has 0 amide bonds. The van der Waals surface area contributed by atoms with Gasteiger partial charge in [-0.05, 0) is 141 Å². The maximum absolute atomic E-state index is 12.6. The summed E-state index contributed by atoms with van der Waals surface area (Å²) in [5, 5.41) is 37.8. The predicted octanol–water partition coefficient (Wildman–Crippen LogP) is 8.22. The van der Waals surface area contributed by atoms with E-state index < -0.39 is 35.8 Å². The average Bonchev–Trinajstić information content (AvgIpc) is 3.37. The van der Waals surface area contributed by atoms with Crippen molar-refractivity contribution in [2.75, 3.05) is 13.2 Å². The van der Waals surface area contributed by atoms with Crippen LogP contribution in [0.25, 0.3) is 34.2 Å². The Hall–Kier alpha value is -10.2. The molecule has 0 saturated heterocycles. The predicted molar refractivity (Wildman–Crippen MR) is 253 cm³/mol. The monoisotopic (exact) mass is 929 g/mol. The number of hydrogen-bond acceptors (Lipinski definition) is 11. The van der Waals surface area contributed by atoms with Gasteiger partial charge < -0.3 is 29.9 Å². The van der Waals surface area contributed by atoms with E-state index in [-0.39, 0.29) is 57.7 Å². The Balaban J connectivity index is 1.23. The summed E-state index contributed by atoms with van der Waals surface area (Å²) in [5.74, 6) is 12.1. The van der Waals surface area contributed by atoms with Crippen LogP contribution in [0.1, 0.15) is 109 Å². The molecule has 0 bridgehead atoms. The second-order valence-corrected chi connectivity index (χ2v) is 14.8. The van der Waals surface area contributed by atoms with Gasteiger partial charge in [0.05, 0.1) is 46.6 Å². The van der Waals surface area contributed by atoms with E-state index in [1.54, 1.807) is 86.6 Å². The first-order chi connectivity index (χ1) is 33.7. The summed E-state index contributed by atoms with van der Waals surface area (Å²) in [4.78, 5) is 86.0. The van der Waals surface area contributed by atoms with Gasteiger partial charge in [-0.1, -0.05) is 35.5 Å². The number of benzene rings is 6. The first-order valence-electron chi connectivity index (χ1n) is 21.0. The van der Waals surface area contributed by atoms with Crippen LogP contribution in [-0.2, 0) is 9.47 Å². The Labute approximate surface area is 399 Å². The second-order valence-electron chi connectivity index (χ2n) is 14.8. The van der Waals surface area contributed by atoms with Crippen molar-refractivity contribution >= 4 is 35.8 Å². The third-order valence-electron chi connectivity index (χ3n) is 9.93. The second kappa shape index (κ2) is 21.4. The van der Waals surface area contributed by atoms with Gasteiger partial charge in [0, 0.05) is 50.1 Å². The summed E-state index contributed by atoms with van der Waals surface area (Å²) < 4.78 is 10.3. The minimum absolute atomic E-state index is 0.144. The normalized spacial score (nSPS) is 10.2. The molecule has 0 spiro atoms. The lowest BCUT2D eigenvalue weighted by atomic mass is 10.0. The topological polar surface area (TPSA) is 240 Å². The Kier molecular flexibility index (Phi) is 14.6. The summed E-state index contributed by atoms with van der Waals surface area (Å²) in [7, 11) is 0. The summed E-state index contributed by atoms with van der Waals surface area (Å²) in [5.41, 5.74) is 3.65. The van der Waals surface area contributed by atoms with Crippen molar-refractivity contribution in [2.24, 2.45) is 0 Å². The van der Waals surface area contributed by atoms with Crippen molar-refractivity contribution in [1.82, 2.24) is 15.0 Å². The molecule has 0 aliphatic heterocycles. The van der Waals surface area contributed by atoms with E-state index in [4.69, 9.17) is 24.4 Å². The van der Waals surface area contributed by atoms with E-state index >= 15 is 0 Å². The number of esters is 2. The lowest BCUT2D eigenvalue weighted by Crippen LogP contribution is -2.09. The minimum Gasteiger partial charge on any atom is -0.478 e. The number of rotatable bonds is 11. The van der Waals surface area contributed by atoms with Crippen LogP contribution in [0.4, 0.5) is 0 Å². The highest BCUT2D eigenvalue weighted by Gasteiger charge is 2.17. The van der Waals surface area contributed by atoms with Crippen LogP contribution in [0.3, 0.4) is 0 Å². The van der Waals surface area contributed by atoms with Crippen LogP contribution >= 0.6 is 0 Å². The number of carboxylic acids is 4. The number of hydrogen-bond donors (Lipinski definition) is 4. The van der Waals surface area contributed by atoms with Crippen molar-refractivity contribution in [3.63, 3.8) is 0 Å². The molecule has 15 nitrogen and oxygen atoms in total. The largest absolute Gasteiger partial charge is 0.478 e. The first-order valence-corrected chi connectivity index (χ1v) is 21.0. The molecule has 15 heteroatoms. The maximum atomic E-state index is 12.6. The molecule has 7 rings (SSSR count). The molecule has 6 aromatic carbocycles. The van der Waals surface area contributed by atoms with Gasteiger partial charge in [0.1, 0.15) is 0 Å². The molecule has 0 saturated carbocycles. The van der Waals surface area contributed by atoms with Crippen molar-refractivity contribution in [3.8, 4) is 69.7 Å². The summed E-state index contributed by atoms with van der Waals surface area (Å²) in [6.07, 6.45) is 0. The fourth-order valence-corrected chi connectivity index (χ4v) is 6.56. The van der Waals surface area contributed by atoms with Crippen molar-refractivity contribution in [2.45, 2.75) is 13.8 Å². The van der Waals surface area contributed by atoms with Gasteiger partial charge in [-0.3, -0.25) is 0 Å². The zero-order valence-corrected chi connectivity index (χ0v) is 36.9. The fourth-order valence-electron chi connectivity index (χ4n) is 6.56. The molecule has 0 fully saturated rings. The zero-order valence-electron chi connectivity index (χ0n) is 36.9. The molecule has 70 heavy (non-hydrogen) atoms. The molecule has 0 aliphatic carbocycles. The molecule has 0 unspecified atom stereocenters. The SMILES string of the molecule is CCOC(=O)c1cc(C#Cc2ccc(-c3nc(-c4ccc(C#Cc5cc(C(=O)O)cc(C(=O)O)c5)cc4)nc(-c4ccc(C#Cc5cc(C(=O)O)cc(C(=O)O)c5)cc4)n3)cc2)cc(C(=O)OCC)c1. The van der Waals surface area contributed by atoms with Crippen molar-refractivity contribution in [1.29, 1.82) is 0 Å². The Bertz CT molecular complexity index is 3200. The molecule has 0 aliphatic rings. The van der Waals surface area contributed by atoms with Crippen LogP contribution < -0.4 is 0 Å². The summed E-state index contributed by atoms with van der Waals surface area (Å²) in [6.45, 7) is 3.64. The standard InChI is InChI=1S/C55H35N3O12/c1-3-69-54(67)45-27-37(28-46(31-45)55(68)70-4-2)10-7-34-15-21-40(22-16-34)49-57-47(38-17-11-32(12-18-38)5-8-35-23-41(50(59)60)29-42(24-35)51(61)62)56-48(58-49)39-19-13-33(14-20-39)6-9-36-25-43(52(63)64)30-44(26-36)53(65)66/h11-31H,3-4H2,1-2H3,(H,59,60)(H,61,62)(H,63,64)(H,65,66). The number of carbonyl (C=O) groups excluding carboxylic acids is 2. The highest BCUT2D eigenvalue weighted by molar-refractivity contribution is 5.97.